The number of nitrogens with zero attached hydrogens (tertiary/aromatic N) is 4. The number of nitrogens with one attached hydrogen (secondary N) is 1. The smallest absolute Gasteiger partial charge is 0.276 e. The summed E-state index contributed by atoms with van der Waals surface area (Å²) in [6.07, 6.45) is 3.87. The Labute approximate surface area is 149 Å². The van der Waals surface area contributed by atoms with Gasteiger partial charge in [0.2, 0.25) is 5.13 Å². The predicted octanol–water partition coefficient (Wildman–Crippen LogP) is 1.40. The standard InChI is InChI=1S/C15H19N5O3S2/c1-2-12-17-18-15(24-12)16-14(21)13-10-4-3-5-11(10)19-20(13)9-6-7-25(22,23)8-9/h9H,2-8H2,1H3,(H,16,18,21)/t9-/m1/s1. The highest BCUT2D eigenvalue weighted by Crippen LogP contribution is 2.31. The highest BCUT2D eigenvalue weighted by atomic mass is 32.2. The zero-order chi connectivity index (χ0) is 17.6. The minimum absolute atomic E-state index is 0.0482. The Balaban J connectivity index is 1.67. The number of hydrogen-bond acceptors (Lipinski definition) is 7. The maximum atomic E-state index is 12.9. The van der Waals surface area contributed by atoms with Crippen LogP contribution in [0.2, 0.25) is 0 Å². The van der Waals surface area contributed by atoms with Gasteiger partial charge in [0, 0.05) is 5.56 Å². The van der Waals surface area contributed by atoms with Gasteiger partial charge in [0.15, 0.2) is 9.84 Å². The zero-order valence-corrected chi connectivity index (χ0v) is 15.5. The average Bonchev–Trinajstić information content (AvgIpc) is 3.29. The van der Waals surface area contributed by atoms with Crippen molar-refractivity contribution in [3.63, 3.8) is 0 Å². The molecule has 3 heterocycles. The molecule has 0 aromatic carbocycles. The van der Waals surface area contributed by atoms with Gasteiger partial charge in [0.05, 0.1) is 23.2 Å². The lowest BCUT2D eigenvalue weighted by atomic mass is 10.1. The first-order valence-electron chi connectivity index (χ1n) is 8.41. The average molecular weight is 381 g/mol. The second-order valence-electron chi connectivity index (χ2n) is 6.44. The minimum atomic E-state index is -3.05. The van der Waals surface area contributed by atoms with Gasteiger partial charge in [-0.1, -0.05) is 18.3 Å². The van der Waals surface area contributed by atoms with Crippen LogP contribution < -0.4 is 5.32 Å². The number of carbonyl (C=O) groups excluding carboxylic acids is 1. The summed E-state index contributed by atoms with van der Waals surface area (Å²) in [7, 11) is -3.05. The van der Waals surface area contributed by atoms with Crippen LogP contribution in [-0.2, 0) is 29.1 Å². The van der Waals surface area contributed by atoms with E-state index in [0.717, 1.165) is 41.9 Å². The normalized spacial score (nSPS) is 21.4. The number of rotatable bonds is 4. The molecule has 1 saturated heterocycles. The lowest BCUT2D eigenvalue weighted by Crippen LogP contribution is -2.23. The van der Waals surface area contributed by atoms with Crippen LogP contribution in [-0.4, -0.2) is 45.8 Å². The molecular formula is C15H19N5O3S2. The molecule has 2 aliphatic rings. The fourth-order valence-electron chi connectivity index (χ4n) is 3.49. The summed E-state index contributed by atoms with van der Waals surface area (Å²) in [4.78, 5) is 12.9. The number of anilines is 1. The summed E-state index contributed by atoms with van der Waals surface area (Å²) < 4.78 is 25.3. The van der Waals surface area contributed by atoms with Crippen LogP contribution in [0, 0.1) is 0 Å². The molecule has 25 heavy (non-hydrogen) atoms. The Hall–Kier alpha value is -1.81. The van der Waals surface area contributed by atoms with Gasteiger partial charge in [-0.15, -0.1) is 10.2 Å². The first-order chi connectivity index (χ1) is 12.0. The summed E-state index contributed by atoms with van der Waals surface area (Å²) in [5, 5.41) is 16.7. The zero-order valence-electron chi connectivity index (χ0n) is 13.9. The summed E-state index contributed by atoms with van der Waals surface area (Å²) in [5.74, 6) is -0.0784. The first kappa shape index (κ1) is 16.6. The molecule has 2 aromatic heterocycles. The number of sulfone groups is 1. The minimum Gasteiger partial charge on any atom is -0.295 e. The third-order valence-corrected chi connectivity index (χ3v) is 7.42. The molecular weight excluding hydrogens is 362 g/mol. The Morgan fingerprint density at radius 3 is 2.88 bits per heavy atom. The van der Waals surface area contributed by atoms with Gasteiger partial charge < -0.3 is 0 Å². The molecule has 1 atom stereocenters. The van der Waals surface area contributed by atoms with Gasteiger partial charge in [0.25, 0.3) is 5.91 Å². The number of fused-ring (bicyclic) bond motifs is 1. The highest BCUT2D eigenvalue weighted by Gasteiger charge is 2.35. The second kappa shape index (κ2) is 6.17. The molecule has 1 aliphatic carbocycles. The largest absolute Gasteiger partial charge is 0.295 e. The van der Waals surface area contributed by atoms with Crippen LogP contribution in [0.3, 0.4) is 0 Å². The van der Waals surface area contributed by atoms with Gasteiger partial charge >= 0.3 is 0 Å². The molecule has 1 amide bonds. The van der Waals surface area contributed by atoms with Crippen molar-refractivity contribution in [3.05, 3.63) is 22.0 Å². The molecule has 0 radical (unpaired) electrons. The van der Waals surface area contributed by atoms with E-state index < -0.39 is 9.84 Å². The summed E-state index contributed by atoms with van der Waals surface area (Å²) in [5.41, 5.74) is 2.35. The van der Waals surface area contributed by atoms with Crippen LogP contribution in [0.15, 0.2) is 0 Å². The van der Waals surface area contributed by atoms with E-state index in [1.807, 2.05) is 6.92 Å². The van der Waals surface area contributed by atoms with E-state index in [9.17, 15) is 13.2 Å². The Kier molecular flexibility index (Phi) is 4.11. The number of carbonyl (C=O) groups is 1. The van der Waals surface area contributed by atoms with Crippen molar-refractivity contribution >= 4 is 32.2 Å². The van der Waals surface area contributed by atoms with Crippen molar-refractivity contribution in [2.75, 3.05) is 16.8 Å². The predicted molar refractivity (Wildman–Crippen MR) is 93.8 cm³/mol. The third kappa shape index (κ3) is 3.08. The van der Waals surface area contributed by atoms with E-state index >= 15 is 0 Å². The molecule has 0 spiro atoms. The van der Waals surface area contributed by atoms with E-state index in [4.69, 9.17) is 0 Å². The first-order valence-corrected chi connectivity index (χ1v) is 11.0. The molecule has 0 unspecified atom stereocenters. The van der Waals surface area contributed by atoms with Crippen LogP contribution in [0.4, 0.5) is 5.13 Å². The molecule has 134 valence electrons. The molecule has 1 N–H and O–H groups in total. The van der Waals surface area contributed by atoms with E-state index in [-0.39, 0.29) is 23.5 Å². The molecule has 10 heteroatoms. The second-order valence-corrected chi connectivity index (χ2v) is 9.73. The molecule has 8 nitrogen and oxygen atoms in total. The van der Waals surface area contributed by atoms with Crippen molar-refractivity contribution in [2.45, 2.75) is 45.1 Å². The van der Waals surface area contributed by atoms with Gasteiger partial charge in [-0.3, -0.25) is 14.8 Å². The van der Waals surface area contributed by atoms with E-state index in [0.29, 0.717) is 17.2 Å². The Morgan fingerprint density at radius 2 is 2.20 bits per heavy atom. The van der Waals surface area contributed by atoms with E-state index in [2.05, 4.69) is 20.6 Å². The van der Waals surface area contributed by atoms with Gasteiger partial charge in [0.1, 0.15) is 10.7 Å². The van der Waals surface area contributed by atoms with Gasteiger partial charge in [-0.25, -0.2) is 8.42 Å². The lowest BCUT2D eigenvalue weighted by Gasteiger charge is -2.13. The monoisotopic (exact) mass is 381 g/mol. The number of aryl methyl sites for hydroxylation is 2. The molecule has 1 aliphatic heterocycles. The molecule has 4 rings (SSSR count). The number of amides is 1. The maximum Gasteiger partial charge on any atom is 0.276 e. The number of hydrogen-bond donors (Lipinski definition) is 1. The van der Waals surface area contributed by atoms with E-state index in [1.165, 1.54) is 11.3 Å². The summed E-state index contributed by atoms with van der Waals surface area (Å²) in [6, 6.07) is -0.267. The van der Waals surface area contributed by atoms with Crippen LogP contribution >= 0.6 is 11.3 Å². The van der Waals surface area contributed by atoms with Crippen LogP contribution in [0.25, 0.3) is 0 Å². The summed E-state index contributed by atoms with van der Waals surface area (Å²) >= 11 is 1.35. The van der Waals surface area contributed by atoms with Crippen molar-refractivity contribution in [1.29, 1.82) is 0 Å². The van der Waals surface area contributed by atoms with Crippen molar-refractivity contribution in [1.82, 2.24) is 20.0 Å². The van der Waals surface area contributed by atoms with Crippen molar-refractivity contribution < 1.29 is 13.2 Å². The fourth-order valence-corrected chi connectivity index (χ4v) is 5.85. The SMILES string of the molecule is CCc1nnc(NC(=O)c2c3c(nn2[C@@H]2CCS(=O)(=O)C2)CCC3)s1. The van der Waals surface area contributed by atoms with Crippen molar-refractivity contribution in [2.24, 2.45) is 0 Å². The van der Waals surface area contributed by atoms with Crippen LogP contribution in [0.1, 0.15) is 52.6 Å². The molecule has 0 saturated carbocycles. The highest BCUT2D eigenvalue weighted by molar-refractivity contribution is 7.91. The molecule has 2 aromatic rings. The lowest BCUT2D eigenvalue weighted by molar-refractivity contribution is 0.101. The fraction of sp³-hybridized carbons (Fsp3) is 0.600. The third-order valence-electron chi connectivity index (χ3n) is 4.69. The Bertz CT molecular complexity index is 931. The maximum absolute atomic E-state index is 12.9. The van der Waals surface area contributed by atoms with E-state index in [1.54, 1.807) is 4.68 Å². The topological polar surface area (TPSA) is 107 Å². The summed E-state index contributed by atoms with van der Waals surface area (Å²) in [6.45, 7) is 1.98. The van der Waals surface area contributed by atoms with Gasteiger partial charge in [-0.05, 0) is 32.1 Å². The molecule has 1 fully saturated rings. The van der Waals surface area contributed by atoms with Gasteiger partial charge in [-0.2, -0.15) is 5.10 Å². The Morgan fingerprint density at radius 1 is 1.36 bits per heavy atom. The number of aromatic nitrogens is 4. The van der Waals surface area contributed by atoms with Crippen molar-refractivity contribution in [3.8, 4) is 0 Å². The van der Waals surface area contributed by atoms with Crippen LogP contribution in [0.5, 0.6) is 0 Å². The molecule has 0 bridgehead atoms. The quantitative estimate of drug-likeness (QED) is 0.858.